The van der Waals surface area contributed by atoms with Gasteiger partial charge in [-0.15, -0.1) is 0 Å². The summed E-state index contributed by atoms with van der Waals surface area (Å²) in [6, 6.07) is 0. The number of methoxy groups -OCH3 is 1. The summed E-state index contributed by atoms with van der Waals surface area (Å²) >= 11 is 0. The maximum Gasteiger partial charge on any atom is 0.341 e. The molecule has 1 aliphatic heterocycles. The van der Waals surface area contributed by atoms with Crippen molar-refractivity contribution in [1.29, 1.82) is 0 Å². The second-order valence-corrected chi connectivity index (χ2v) is 7.22. The van der Waals surface area contributed by atoms with Crippen molar-refractivity contribution in [3.8, 4) is 0 Å². The van der Waals surface area contributed by atoms with Crippen molar-refractivity contribution in [1.82, 2.24) is 0 Å². The van der Waals surface area contributed by atoms with Crippen molar-refractivity contribution < 1.29 is 28.6 Å². The number of carbonyl (C=O) groups excluding carboxylic acids is 2. The molecule has 3 aliphatic rings. The fourth-order valence-corrected chi connectivity index (χ4v) is 4.70. The lowest BCUT2D eigenvalue weighted by Crippen LogP contribution is -2.31. The number of esters is 2. The molecule has 2 heterocycles. The summed E-state index contributed by atoms with van der Waals surface area (Å²) < 4.78 is 16.3. The molecule has 24 heavy (non-hydrogen) atoms. The molecule has 1 saturated carbocycles. The molecular weight excluding hydrogens is 312 g/mol. The third kappa shape index (κ3) is 1.80. The van der Waals surface area contributed by atoms with Crippen LogP contribution in [-0.4, -0.2) is 35.9 Å². The minimum Gasteiger partial charge on any atom is -0.465 e. The molecule has 0 amide bonds. The molecule has 0 aromatic carbocycles. The second kappa shape index (κ2) is 4.72. The molecule has 0 spiro atoms. The van der Waals surface area contributed by atoms with Gasteiger partial charge in [0.1, 0.15) is 23.2 Å². The Balaban J connectivity index is 1.99. The van der Waals surface area contributed by atoms with Gasteiger partial charge in [0.05, 0.1) is 18.6 Å². The molecule has 5 atom stereocenters. The average molecular weight is 332 g/mol. The Hall–Kier alpha value is -2.08. The monoisotopic (exact) mass is 332 g/mol. The van der Waals surface area contributed by atoms with E-state index in [1.807, 2.05) is 13.0 Å². The van der Waals surface area contributed by atoms with Crippen LogP contribution < -0.4 is 0 Å². The van der Waals surface area contributed by atoms with Crippen LogP contribution in [0.3, 0.4) is 0 Å². The van der Waals surface area contributed by atoms with Crippen molar-refractivity contribution >= 4 is 11.9 Å². The number of aliphatic hydroxyl groups is 1. The summed E-state index contributed by atoms with van der Waals surface area (Å²) in [4.78, 5) is 24.5. The number of rotatable bonds is 1. The lowest BCUT2D eigenvalue weighted by atomic mass is 9.81. The molecule has 1 aromatic rings. The molecule has 1 saturated heterocycles. The normalized spacial score (nSPS) is 36.5. The standard InChI is InChI=1S/C18H20O6/c1-7-5-9-13-10(24-16(9)19)6-18(3,21)14(13)15-11(7)12(8(2)23-15)17(20)22-4/h5,7,10,13-14,21H,6H2,1-4H3/t7-,10-,13-,14+,18+/m0/s1. The first-order chi connectivity index (χ1) is 11.3. The van der Waals surface area contributed by atoms with Gasteiger partial charge in [0, 0.05) is 29.4 Å². The zero-order valence-electron chi connectivity index (χ0n) is 14.1. The largest absolute Gasteiger partial charge is 0.465 e. The Morgan fingerprint density at radius 2 is 2.17 bits per heavy atom. The quantitative estimate of drug-likeness (QED) is 0.794. The van der Waals surface area contributed by atoms with Crippen molar-refractivity contribution in [3.63, 3.8) is 0 Å². The van der Waals surface area contributed by atoms with Gasteiger partial charge in [-0.05, 0) is 13.8 Å². The van der Waals surface area contributed by atoms with Gasteiger partial charge in [-0.3, -0.25) is 0 Å². The van der Waals surface area contributed by atoms with Crippen LogP contribution in [-0.2, 0) is 14.3 Å². The van der Waals surface area contributed by atoms with Gasteiger partial charge in [-0.2, -0.15) is 0 Å². The number of allylic oxidation sites excluding steroid dienone is 1. The number of furan rings is 1. The molecule has 1 N–H and O–H groups in total. The first kappa shape index (κ1) is 15.4. The fourth-order valence-electron chi connectivity index (χ4n) is 4.70. The molecular formula is C18H20O6. The van der Waals surface area contributed by atoms with Crippen LogP contribution >= 0.6 is 0 Å². The summed E-state index contributed by atoms with van der Waals surface area (Å²) in [5.41, 5.74) is 0.602. The molecule has 1 aromatic heterocycles. The lowest BCUT2D eigenvalue weighted by Gasteiger charge is -2.27. The van der Waals surface area contributed by atoms with E-state index in [4.69, 9.17) is 13.9 Å². The second-order valence-electron chi connectivity index (χ2n) is 7.22. The maximum absolute atomic E-state index is 12.2. The van der Waals surface area contributed by atoms with Crippen molar-refractivity contribution in [2.45, 2.75) is 50.7 Å². The van der Waals surface area contributed by atoms with E-state index in [9.17, 15) is 14.7 Å². The number of fused-ring (bicyclic) bond motifs is 2. The van der Waals surface area contributed by atoms with E-state index in [0.29, 0.717) is 34.6 Å². The van der Waals surface area contributed by atoms with E-state index in [2.05, 4.69) is 0 Å². The SMILES string of the molecule is COC(=O)c1c(C)oc2c1[C@@H](C)C=C1C(=O)O[C@H]3C[C@@](C)(O)[C@@H]2[C@@H]13. The van der Waals surface area contributed by atoms with Crippen LogP contribution in [0.15, 0.2) is 16.1 Å². The average Bonchev–Trinajstić information content (AvgIpc) is 3.02. The first-order valence-corrected chi connectivity index (χ1v) is 8.12. The first-order valence-electron chi connectivity index (χ1n) is 8.12. The number of carbonyl (C=O) groups is 2. The number of aryl methyl sites for hydroxylation is 1. The molecule has 0 unspecified atom stereocenters. The number of hydrogen-bond acceptors (Lipinski definition) is 6. The predicted octanol–water partition coefficient (Wildman–Crippen LogP) is 2.20. The smallest absolute Gasteiger partial charge is 0.341 e. The van der Waals surface area contributed by atoms with Gasteiger partial charge in [0.15, 0.2) is 0 Å². The fraction of sp³-hybridized carbons (Fsp3) is 0.556. The van der Waals surface area contributed by atoms with Gasteiger partial charge < -0.3 is 19.0 Å². The zero-order chi connectivity index (χ0) is 17.4. The maximum atomic E-state index is 12.2. The van der Waals surface area contributed by atoms with Crippen LogP contribution in [0, 0.1) is 12.8 Å². The Morgan fingerprint density at radius 3 is 2.83 bits per heavy atom. The highest BCUT2D eigenvalue weighted by atomic mass is 16.6. The van der Waals surface area contributed by atoms with E-state index >= 15 is 0 Å². The van der Waals surface area contributed by atoms with E-state index in [1.54, 1.807) is 13.8 Å². The van der Waals surface area contributed by atoms with Gasteiger partial charge in [0.25, 0.3) is 0 Å². The zero-order valence-corrected chi connectivity index (χ0v) is 14.1. The lowest BCUT2D eigenvalue weighted by molar-refractivity contribution is -0.139. The highest BCUT2D eigenvalue weighted by Crippen LogP contribution is 2.58. The summed E-state index contributed by atoms with van der Waals surface area (Å²) in [6.45, 7) is 5.36. The van der Waals surface area contributed by atoms with Gasteiger partial charge >= 0.3 is 11.9 Å². The molecule has 0 radical (unpaired) electrons. The Morgan fingerprint density at radius 1 is 1.46 bits per heavy atom. The van der Waals surface area contributed by atoms with Crippen molar-refractivity contribution in [2.75, 3.05) is 7.11 Å². The Kier molecular flexibility index (Phi) is 3.04. The highest BCUT2D eigenvalue weighted by molar-refractivity contribution is 5.95. The van der Waals surface area contributed by atoms with E-state index in [-0.39, 0.29) is 23.9 Å². The molecule has 2 fully saturated rings. The molecule has 4 rings (SSSR count). The van der Waals surface area contributed by atoms with Gasteiger partial charge in [-0.1, -0.05) is 13.0 Å². The molecule has 2 aliphatic carbocycles. The minimum atomic E-state index is -1.08. The van der Waals surface area contributed by atoms with E-state index in [1.165, 1.54) is 7.11 Å². The summed E-state index contributed by atoms with van der Waals surface area (Å²) in [5, 5.41) is 11.0. The Labute approximate surface area is 139 Å². The number of ether oxygens (including phenoxy) is 2. The van der Waals surface area contributed by atoms with Crippen molar-refractivity contribution in [3.05, 3.63) is 34.3 Å². The molecule has 6 nitrogen and oxygen atoms in total. The molecule has 6 heteroatoms. The number of hydrogen-bond donors (Lipinski definition) is 1. The third-order valence-electron chi connectivity index (χ3n) is 5.60. The summed E-state index contributed by atoms with van der Waals surface area (Å²) in [5.74, 6) is -0.633. The van der Waals surface area contributed by atoms with Gasteiger partial charge in [0.2, 0.25) is 0 Å². The van der Waals surface area contributed by atoms with Crippen LogP contribution in [0.4, 0.5) is 0 Å². The van der Waals surface area contributed by atoms with Crippen molar-refractivity contribution in [2.24, 2.45) is 5.92 Å². The minimum absolute atomic E-state index is 0.214. The van der Waals surface area contributed by atoms with E-state index in [0.717, 1.165) is 0 Å². The van der Waals surface area contributed by atoms with Crippen LogP contribution in [0.2, 0.25) is 0 Å². The summed E-state index contributed by atoms with van der Waals surface area (Å²) in [7, 11) is 1.33. The Bertz CT molecular complexity index is 784. The van der Waals surface area contributed by atoms with Gasteiger partial charge in [-0.25, -0.2) is 9.59 Å². The van der Waals surface area contributed by atoms with Crippen LogP contribution in [0.25, 0.3) is 0 Å². The van der Waals surface area contributed by atoms with E-state index < -0.39 is 17.5 Å². The summed E-state index contributed by atoms with van der Waals surface area (Å²) in [6.07, 6.45) is 1.84. The molecule has 0 bridgehead atoms. The molecule has 128 valence electrons. The topological polar surface area (TPSA) is 86.0 Å². The predicted molar refractivity (Wildman–Crippen MR) is 82.6 cm³/mol. The highest BCUT2D eigenvalue weighted by Gasteiger charge is 2.61. The van der Waals surface area contributed by atoms with Crippen LogP contribution in [0.1, 0.15) is 59.5 Å². The third-order valence-corrected chi connectivity index (χ3v) is 5.60. The van der Waals surface area contributed by atoms with Crippen LogP contribution in [0.5, 0.6) is 0 Å².